The maximum Gasteiger partial charge on any atom is 0.135 e. The number of rotatable bonds is 5. The minimum atomic E-state index is 0.572. The van der Waals surface area contributed by atoms with Crippen LogP contribution in [0.3, 0.4) is 0 Å². The molecule has 1 N–H and O–H groups in total. The van der Waals surface area contributed by atoms with E-state index in [1.807, 2.05) is 0 Å². The number of aryl methyl sites for hydroxylation is 2. The SMILES string of the molecule is CCNc1cc(Sc2ccc(C)c(C)c2)nc(C2CC2)n1. The van der Waals surface area contributed by atoms with Crippen LogP contribution in [-0.2, 0) is 0 Å². The normalized spacial score (nSPS) is 14.2. The van der Waals surface area contributed by atoms with Crippen molar-refractivity contribution in [3.63, 3.8) is 0 Å². The van der Waals surface area contributed by atoms with Crippen LogP contribution >= 0.6 is 11.8 Å². The van der Waals surface area contributed by atoms with Gasteiger partial charge in [0.2, 0.25) is 0 Å². The third kappa shape index (κ3) is 3.56. The summed E-state index contributed by atoms with van der Waals surface area (Å²) in [4.78, 5) is 10.6. The molecule has 0 bridgehead atoms. The molecule has 0 atom stereocenters. The van der Waals surface area contributed by atoms with Crippen LogP contribution in [0.4, 0.5) is 5.82 Å². The summed E-state index contributed by atoms with van der Waals surface area (Å²) in [6.07, 6.45) is 2.45. The second-order valence-corrected chi connectivity index (χ2v) is 6.70. The van der Waals surface area contributed by atoms with Crippen LogP contribution in [0.1, 0.15) is 42.6 Å². The Labute approximate surface area is 130 Å². The zero-order valence-electron chi connectivity index (χ0n) is 12.8. The summed E-state index contributed by atoms with van der Waals surface area (Å²) < 4.78 is 0. The van der Waals surface area contributed by atoms with E-state index in [-0.39, 0.29) is 0 Å². The zero-order chi connectivity index (χ0) is 14.8. The van der Waals surface area contributed by atoms with E-state index >= 15 is 0 Å². The van der Waals surface area contributed by atoms with Gasteiger partial charge in [-0.15, -0.1) is 0 Å². The van der Waals surface area contributed by atoms with E-state index in [4.69, 9.17) is 4.98 Å². The first-order valence-electron chi connectivity index (χ1n) is 7.53. The third-order valence-corrected chi connectivity index (χ3v) is 4.63. The molecule has 21 heavy (non-hydrogen) atoms. The third-order valence-electron chi connectivity index (χ3n) is 3.72. The molecule has 1 fully saturated rings. The van der Waals surface area contributed by atoms with Gasteiger partial charge < -0.3 is 5.32 Å². The lowest BCUT2D eigenvalue weighted by molar-refractivity contribution is 0.876. The summed E-state index contributed by atoms with van der Waals surface area (Å²) in [6.45, 7) is 7.27. The number of hydrogen-bond donors (Lipinski definition) is 1. The van der Waals surface area contributed by atoms with E-state index in [1.54, 1.807) is 11.8 Å². The average Bonchev–Trinajstić information content (AvgIpc) is 3.28. The minimum absolute atomic E-state index is 0.572. The smallest absolute Gasteiger partial charge is 0.135 e. The van der Waals surface area contributed by atoms with Gasteiger partial charge >= 0.3 is 0 Å². The first kappa shape index (κ1) is 14.4. The molecule has 3 nitrogen and oxygen atoms in total. The molecule has 0 aliphatic heterocycles. The van der Waals surface area contributed by atoms with Crippen molar-refractivity contribution in [1.29, 1.82) is 0 Å². The summed E-state index contributed by atoms with van der Waals surface area (Å²) in [5.41, 5.74) is 2.65. The van der Waals surface area contributed by atoms with Gasteiger partial charge in [-0.25, -0.2) is 9.97 Å². The molecule has 0 unspecified atom stereocenters. The molecule has 0 radical (unpaired) electrons. The van der Waals surface area contributed by atoms with Gasteiger partial charge in [-0.05, 0) is 56.9 Å². The first-order chi connectivity index (χ1) is 10.2. The fourth-order valence-corrected chi connectivity index (χ4v) is 3.11. The lowest BCUT2D eigenvalue weighted by Crippen LogP contribution is -2.03. The van der Waals surface area contributed by atoms with Gasteiger partial charge in [0.15, 0.2) is 0 Å². The minimum Gasteiger partial charge on any atom is -0.370 e. The molecule has 2 aromatic rings. The van der Waals surface area contributed by atoms with E-state index in [2.05, 4.69) is 55.3 Å². The molecule has 1 aromatic carbocycles. The summed E-state index contributed by atoms with van der Waals surface area (Å²) >= 11 is 1.72. The van der Waals surface area contributed by atoms with Crippen LogP contribution in [0.25, 0.3) is 0 Å². The van der Waals surface area contributed by atoms with Crippen LogP contribution < -0.4 is 5.32 Å². The highest BCUT2D eigenvalue weighted by molar-refractivity contribution is 7.99. The predicted octanol–water partition coefficient (Wildman–Crippen LogP) is 4.55. The number of nitrogens with zero attached hydrogens (tertiary/aromatic N) is 2. The van der Waals surface area contributed by atoms with Gasteiger partial charge in [-0.2, -0.15) is 0 Å². The Bertz CT molecular complexity index is 650. The molecule has 4 heteroatoms. The van der Waals surface area contributed by atoms with Crippen LogP contribution in [0.5, 0.6) is 0 Å². The van der Waals surface area contributed by atoms with E-state index in [9.17, 15) is 0 Å². The Hall–Kier alpha value is -1.55. The molecule has 1 aromatic heterocycles. The van der Waals surface area contributed by atoms with Crippen LogP contribution in [-0.4, -0.2) is 16.5 Å². The lowest BCUT2D eigenvalue weighted by atomic mass is 10.1. The van der Waals surface area contributed by atoms with Crippen LogP contribution in [0, 0.1) is 13.8 Å². The quantitative estimate of drug-likeness (QED) is 0.822. The van der Waals surface area contributed by atoms with Gasteiger partial charge in [0.05, 0.1) is 0 Å². The second-order valence-electron chi connectivity index (χ2n) is 5.60. The number of nitrogens with one attached hydrogen (secondary N) is 1. The van der Waals surface area contributed by atoms with E-state index in [0.29, 0.717) is 5.92 Å². The molecule has 1 aliphatic carbocycles. The molecule has 0 saturated heterocycles. The number of anilines is 1. The monoisotopic (exact) mass is 299 g/mol. The maximum atomic E-state index is 4.74. The summed E-state index contributed by atoms with van der Waals surface area (Å²) in [7, 11) is 0. The summed E-state index contributed by atoms with van der Waals surface area (Å²) in [6, 6.07) is 8.62. The van der Waals surface area contributed by atoms with Crippen molar-refractivity contribution in [2.75, 3.05) is 11.9 Å². The largest absolute Gasteiger partial charge is 0.370 e. The molecule has 0 spiro atoms. The Morgan fingerprint density at radius 2 is 1.95 bits per heavy atom. The van der Waals surface area contributed by atoms with Crippen LogP contribution in [0.15, 0.2) is 34.2 Å². The molecule has 1 saturated carbocycles. The zero-order valence-corrected chi connectivity index (χ0v) is 13.6. The molecule has 1 aliphatic rings. The average molecular weight is 299 g/mol. The number of aromatic nitrogens is 2. The van der Waals surface area contributed by atoms with Crippen molar-refractivity contribution in [1.82, 2.24) is 9.97 Å². The van der Waals surface area contributed by atoms with Crippen molar-refractivity contribution < 1.29 is 0 Å². The van der Waals surface area contributed by atoms with Crippen molar-refractivity contribution in [2.45, 2.75) is 49.5 Å². The van der Waals surface area contributed by atoms with E-state index in [1.165, 1.54) is 28.9 Å². The molecule has 1 heterocycles. The van der Waals surface area contributed by atoms with Gasteiger partial charge in [-0.3, -0.25) is 0 Å². The van der Waals surface area contributed by atoms with Crippen molar-refractivity contribution in [2.24, 2.45) is 0 Å². The van der Waals surface area contributed by atoms with Crippen molar-refractivity contribution >= 4 is 17.6 Å². The highest BCUT2D eigenvalue weighted by Crippen LogP contribution is 2.39. The van der Waals surface area contributed by atoms with Gasteiger partial charge in [0.1, 0.15) is 16.7 Å². The Balaban J connectivity index is 1.87. The fourth-order valence-electron chi connectivity index (χ4n) is 2.19. The highest BCUT2D eigenvalue weighted by atomic mass is 32.2. The van der Waals surface area contributed by atoms with Gasteiger partial charge in [-0.1, -0.05) is 17.8 Å². The van der Waals surface area contributed by atoms with Crippen molar-refractivity contribution in [3.05, 3.63) is 41.2 Å². The van der Waals surface area contributed by atoms with Gasteiger partial charge in [0.25, 0.3) is 0 Å². The molecule has 0 amide bonds. The van der Waals surface area contributed by atoms with Gasteiger partial charge in [0, 0.05) is 23.4 Å². The second kappa shape index (κ2) is 6.06. The topological polar surface area (TPSA) is 37.8 Å². The fraction of sp³-hybridized carbons (Fsp3) is 0.412. The molecular weight excluding hydrogens is 278 g/mol. The Morgan fingerprint density at radius 1 is 1.14 bits per heavy atom. The number of benzene rings is 1. The highest BCUT2D eigenvalue weighted by Gasteiger charge is 2.27. The lowest BCUT2D eigenvalue weighted by Gasteiger charge is -2.09. The molecule has 3 rings (SSSR count). The first-order valence-corrected chi connectivity index (χ1v) is 8.35. The van der Waals surface area contributed by atoms with E-state index in [0.717, 1.165) is 23.2 Å². The van der Waals surface area contributed by atoms with E-state index < -0.39 is 0 Å². The number of hydrogen-bond acceptors (Lipinski definition) is 4. The Morgan fingerprint density at radius 3 is 2.62 bits per heavy atom. The Kier molecular flexibility index (Phi) is 4.15. The van der Waals surface area contributed by atoms with Crippen molar-refractivity contribution in [3.8, 4) is 0 Å². The summed E-state index contributed by atoms with van der Waals surface area (Å²) in [5.74, 6) is 2.52. The predicted molar refractivity (Wildman–Crippen MR) is 88.2 cm³/mol. The summed E-state index contributed by atoms with van der Waals surface area (Å²) in [5, 5.41) is 4.35. The standard InChI is InChI=1S/C17H21N3S/c1-4-18-15-10-16(20-17(19-15)13-6-7-13)21-14-8-5-11(2)12(3)9-14/h5,8-10,13H,4,6-7H2,1-3H3,(H,18,19,20). The molecule has 110 valence electrons. The van der Waals surface area contributed by atoms with Crippen LogP contribution in [0.2, 0.25) is 0 Å². The maximum absolute atomic E-state index is 4.74. The molecular formula is C17H21N3S.